The average molecular weight is 489 g/mol. The van der Waals surface area contributed by atoms with Gasteiger partial charge >= 0.3 is 5.97 Å². The molecule has 2 heterocycles. The van der Waals surface area contributed by atoms with Gasteiger partial charge in [0, 0.05) is 25.8 Å². The molecule has 2 aromatic carbocycles. The van der Waals surface area contributed by atoms with Crippen molar-refractivity contribution in [2.24, 2.45) is 15.9 Å². The zero-order valence-electron chi connectivity index (χ0n) is 20.3. The zero-order valence-corrected chi connectivity index (χ0v) is 20.3. The fraction of sp³-hybridized carbons (Fsp3) is 0.357. The van der Waals surface area contributed by atoms with Crippen LogP contribution in [0.15, 0.2) is 76.2 Å². The standard InChI is InChI=1S/C28H29FN4O3/c1-2-36-27(34)25(18-30)26(32-24-6-4-3-5-7-24)28(20-33-12-14-35-15-13-33)17-22(19-31-28)16-21-8-10-23(29)11-9-21/h3-11,17,19,25H,2,12-16,20H2,1H3. The Morgan fingerprint density at radius 3 is 2.61 bits per heavy atom. The van der Waals surface area contributed by atoms with E-state index in [0.717, 1.165) is 11.1 Å². The van der Waals surface area contributed by atoms with Gasteiger partial charge < -0.3 is 9.47 Å². The van der Waals surface area contributed by atoms with Gasteiger partial charge in [0.25, 0.3) is 0 Å². The number of nitriles is 1. The molecule has 186 valence electrons. The minimum absolute atomic E-state index is 0.154. The van der Waals surface area contributed by atoms with Crippen LogP contribution in [0.5, 0.6) is 0 Å². The molecule has 8 heteroatoms. The molecule has 4 rings (SSSR count). The number of hydrogen-bond donors (Lipinski definition) is 0. The molecule has 1 fully saturated rings. The van der Waals surface area contributed by atoms with Gasteiger partial charge in [-0.15, -0.1) is 0 Å². The third kappa shape index (κ3) is 6.11. The van der Waals surface area contributed by atoms with Crippen molar-refractivity contribution in [2.75, 3.05) is 39.5 Å². The minimum atomic E-state index is -1.23. The van der Waals surface area contributed by atoms with Gasteiger partial charge in [-0.3, -0.25) is 19.7 Å². The maximum atomic E-state index is 13.4. The highest BCUT2D eigenvalue weighted by Gasteiger charge is 2.45. The van der Waals surface area contributed by atoms with Gasteiger partial charge in [-0.1, -0.05) is 30.3 Å². The maximum Gasteiger partial charge on any atom is 0.329 e. The molecule has 2 aliphatic heterocycles. The first-order chi connectivity index (χ1) is 17.5. The lowest BCUT2D eigenvalue weighted by Gasteiger charge is -2.36. The highest BCUT2D eigenvalue weighted by atomic mass is 19.1. The fourth-order valence-electron chi connectivity index (χ4n) is 4.43. The van der Waals surface area contributed by atoms with Crippen molar-refractivity contribution in [3.05, 3.63) is 77.6 Å². The van der Waals surface area contributed by atoms with E-state index in [-0.39, 0.29) is 12.4 Å². The van der Waals surface area contributed by atoms with Gasteiger partial charge in [-0.05, 0) is 54.8 Å². The van der Waals surface area contributed by atoms with Crippen LogP contribution in [0.25, 0.3) is 0 Å². The number of ether oxygens (including phenoxy) is 2. The number of nitrogens with zero attached hydrogens (tertiary/aromatic N) is 4. The van der Waals surface area contributed by atoms with Crippen molar-refractivity contribution < 1.29 is 18.7 Å². The lowest BCUT2D eigenvalue weighted by atomic mass is 9.84. The molecule has 0 bridgehead atoms. The van der Waals surface area contributed by atoms with E-state index in [2.05, 4.69) is 11.0 Å². The maximum absolute atomic E-state index is 13.4. The third-order valence-electron chi connectivity index (χ3n) is 6.15. The van der Waals surface area contributed by atoms with Crippen LogP contribution in [0.4, 0.5) is 10.1 Å². The first-order valence-electron chi connectivity index (χ1n) is 12.0. The summed E-state index contributed by atoms with van der Waals surface area (Å²) < 4.78 is 24.2. The van der Waals surface area contributed by atoms with Crippen molar-refractivity contribution in [1.29, 1.82) is 5.26 Å². The zero-order chi connectivity index (χ0) is 25.4. The summed E-state index contributed by atoms with van der Waals surface area (Å²) in [5.74, 6) is -2.17. The molecule has 0 N–H and O–H groups in total. The number of allylic oxidation sites excluding steroid dienone is 1. The predicted molar refractivity (Wildman–Crippen MR) is 136 cm³/mol. The van der Waals surface area contributed by atoms with E-state index in [9.17, 15) is 14.4 Å². The second-order valence-electron chi connectivity index (χ2n) is 8.74. The summed E-state index contributed by atoms with van der Waals surface area (Å²) in [5, 5.41) is 10.1. The summed E-state index contributed by atoms with van der Waals surface area (Å²) in [6, 6.07) is 17.7. The van der Waals surface area contributed by atoms with Gasteiger partial charge in [0.1, 0.15) is 11.4 Å². The molecule has 2 unspecified atom stereocenters. The number of rotatable bonds is 9. The predicted octanol–water partition coefficient (Wildman–Crippen LogP) is 3.93. The summed E-state index contributed by atoms with van der Waals surface area (Å²) in [4.78, 5) is 24.9. The third-order valence-corrected chi connectivity index (χ3v) is 6.15. The lowest BCUT2D eigenvalue weighted by molar-refractivity contribution is -0.144. The van der Waals surface area contributed by atoms with E-state index in [1.807, 2.05) is 36.4 Å². The quantitative estimate of drug-likeness (QED) is 0.394. The van der Waals surface area contributed by atoms with E-state index in [4.69, 9.17) is 19.5 Å². The van der Waals surface area contributed by atoms with Crippen molar-refractivity contribution in [3.63, 3.8) is 0 Å². The highest BCUT2D eigenvalue weighted by molar-refractivity contribution is 6.13. The number of aliphatic imine (C=N–C) groups is 2. The number of hydrogen-bond acceptors (Lipinski definition) is 7. The normalized spacial score (nSPS) is 21.0. The molecule has 1 saturated heterocycles. The second kappa shape index (κ2) is 11.8. The van der Waals surface area contributed by atoms with Crippen LogP contribution in [-0.4, -0.2) is 67.8 Å². The summed E-state index contributed by atoms with van der Waals surface area (Å²) >= 11 is 0. The molecule has 0 spiro atoms. The molecule has 2 atom stereocenters. The Hall–Kier alpha value is -3.67. The van der Waals surface area contributed by atoms with E-state index < -0.39 is 17.4 Å². The first-order valence-corrected chi connectivity index (χ1v) is 12.0. The Kier molecular flexibility index (Phi) is 8.36. The number of para-hydroxylation sites is 1. The van der Waals surface area contributed by atoms with Crippen LogP contribution in [0, 0.1) is 23.1 Å². The fourth-order valence-corrected chi connectivity index (χ4v) is 4.43. The van der Waals surface area contributed by atoms with Crippen molar-refractivity contribution in [2.45, 2.75) is 18.9 Å². The van der Waals surface area contributed by atoms with Crippen molar-refractivity contribution in [1.82, 2.24) is 4.90 Å². The first kappa shape index (κ1) is 25.4. The van der Waals surface area contributed by atoms with E-state index in [1.54, 1.807) is 25.3 Å². The van der Waals surface area contributed by atoms with Gasteiger partial charge in [-0.25, -0.2) is 4.39 Å². The molecule has 0 radical (unpaired) electrons. The smallest absolute Gasteiger partial charge is 0.329 e. The molecule has 7 nitrogen and oxygen atoms in total. The minimum Gasteiger partial charge on any atom is -0.465 e. The van der Waals surface area contributed by atoms with Gasteiger partial charge in [-0.2, -0.15) is 5.26 Å². The Morgan fingerprint density at radius 1 is 1.22 bits per heavy atom. The Labute approximate surface area is 210 Å². The highest BCUT2D eigenvalue weighted by Crippen LogP contribution is 2.32. The largest absolute Gasteiger partial charge is 0.465 e. The van der Waals surface area contributed by atoms with Crippen molar-refractivity contribution >= 4 is 23.6 Å². The molecule has 2 aliphatic rings. The van der Waals surface area contributed by atoms with Crippen LogP contribution in [0.2, 0.25) is 0 Å². The number of benzene rings is 2. The van der Waals surface area contributed by atoms with Crippen LogP contribution in [0.1, 0.15) is 12.5 Å². The number of morpholine rings is 1. The molecule has 0 aliphatic carbocycles. The second-order valence-corrected chi connectivity index (χ2v) is 8.74. The SMILES string of the molecule is CCOC(=O)C(C#N)C(=Nc1ccccc1)C1(CN2CCOCC2)C=C(Cc2ccc(F)cc2)C=N1. The van der Waals surface area contributed by atoms with E-state index in [0.29, 0.717) is 50.7 Å². The summed E-state index contributed by atoms with van der Waals surface area (Å²) in [5.41, 5.74) is 1.73. The summed E-state index contributed by atoms with van der Waals surface area (Å²) in [6.45, 7) is 4.89. The van der Waals surface area contributed by atoms with Gasteiger partial charge in [0.05, 0.1) is 37.3 Å². The van der Waals surface area contributed by atoms with Crippen LogP contribution in [0.3, 0.4) is 0 Å². The van der Waals surface area contributed by atoms with Gasteiger partial charge in [0.2, 0.25) is 0 Å². The molecular formula is C28H29FN4O3. The number of carbonyl (C=O) groups is 1. The topological polar surface area (TPSA) is 87.3 Å². The monoisotopic (exact) mass is 488 g/mol. The lowest BCUT2D eigenvalue weighted by Crippen LogP contribution is -2.52. The Bertz CT molecular complexity index is 1180. The molecule has 36 heavy (non-hydrogen) atoms. The van der Waals surface area contributed by atoms with E-state index in [1.165, 1.54) is 12.1 Å². The van der Waals surface area contributed by atoms with Crippen LogP contribution in [-0.2, 0) is 20.7 Å². The van der Waals surface area contributed by atoms with E-state index >= 15 is 0 Å². The summed E-state index contributed by atoms with van der Waals surface area (Å²) in [7, 11) is 0. The number of halogens is 1. The molecule has 2 aromatic rings. The Balaban J connectivity index is 1.79. The van der Waals surface area contributed by atoms with Crippen LogP contribution >= 0.6 is 0 Å². The summed E-state index contributed by atoms with van der Waals surface area (Å²) in [6.07, 6.45) is 4.28. The number of carbonyl (C=O) groups excluding carboxylic acids is 1. The molecular weight excluding hydrogens is 459 g/mol. The molecule has 0 aromatic heterocycles. The van der Waals surface area contributed by atoms with Gasteiger partial charge in [0.15, 0.2) is 5.92 Å². The molecule has 0 saturated carbocycles. The van der Waals surface area contributed by atoms with Crippen molar-refractivity contribution in [3.8, 4) is 6.07 Å². The Morgan fingerprint density at radius 2 is 1.94 bits per heavy atom. The average Bonchev–Trinajstić information content (AvgIpc) is 3.30. The molecule has 0 amide bonds. The number of esters is 1. The van der Waals surface area contributed by atoms with Crippen LogP contribution < -0.4 is 0 Å².